The normalized spacial score (nSPS) is 12.4. The Labute approximate surface area is 174 Å². The second kappa shape index (κ2) is 10.6. The summed E-state index contributed by atoms with van der Waals surface area (Å²) in [5, 5.41) is 5.19. The maximum atomic E-state index is 6.10. The highest BCUT2D eigenvalue weighted by molar-refractivity contribution is 9.10. The van der Waals surface area contributed by atoms with Gasteiger partial charge in [-0.05, 0) is 48.3 Å². The van der Waals surface area contributed by atoms with Gasteiger partial charge in [-0.1, -0.05) is 36.9 Å². The number of ether oxygens (including phenoxy) is 2. The number of hydrogen-bond donors (Lipinski definition) is 0. The van der Waals surface area contributed by atoms with Gasteiger partial charge in [-0.25, -0.2) is 4.99 Å². The van der Waals surface area contributed by atoms with E-state index in [4.69, 9.17) is 9.47 Å². The second-order valence-corrected chi connectivity index (χ2v) is 7.63. The molecule has 0 atom stereocenters. The van der Waals surface area contributed by atoms with Crippen molar-refractivity contribution < 1.29 is 9.47 Å². The summed E-state index contributed by atoms with van der Waals surface area (Å²) < 4.78 is 14.5. The number of benzene rings is 1. The predicted octanol–water partition coefficient (Wildman–Crippen LogP) is 5.50. The van der Waals surface area contributed by atoms with Gasteiger partial charge in [0.2, 0.25) is 0 Å². The van der Waals surface area contributed by atoms with Crippen LogP contribution >= 0.6 is 27.7 Å². The summed E-state index contributed by atoms with van der Waals surface area (Å²) in [4.78, 5) is 4.30. The summed E-state index contributed by atoms with van der Waals surface area (Å²) in [6.07, 6.45) is 2.95. The number of aliphatic imine (C=N–C) groups is 1. The number of rotatable bonds is 7. The lowest BCUT2D eigenvalue weighted by Gasteiger charge is -2.13. The van der Waals surface area contributed by atoms with Crippen molar-refractivity contribution in [3.63, 3.8) is 0 Å². The van der Waals surface area contributed by atoms with Crippen molar-refractivity contribution in [1.29, 1.82) is 0 Å². The van der Waals surface area contributed by atoms with E-state index in [0.29, 0.717) is 11.8 Å². The summed E-state index contributed by atoms with van der Waals surface area (Å²) in [7, 11) is 3.43. The highest BCUT2D eigenvalue weighted by Crippen LogP contribution is 2.25. The van der Waals surface area contributed by atoms with Crippen LogP contribution < -0.4 is 4.74 Å². The molecule has 7 heteroatoms. The predicted molar refractivity (Wildman–Crippen MR) is 117 cm³/mol. The zero-order chi connectivity index (χ0) is 19.8. The van der Waals surface area contributed by atoms with Gasteiger partial charge in [-0.3, -0.25) is 4.68 Å². The number of thioether (sulfide) groups is 1. The van der Waals surface area contributed by atoms with E-state index in [0.717, 1.165) is 45.1 Å². The number of aromatic nitrogens is 2. The Kier molecular flexibility index (Phi) is 8.44. The number of allylic oxidation sites excluding steroid dienone is 2. The minimum absolute atomic E-state index is 0.570. The first kappa shape index (κ1) is 21.6. The fourth-order valence-corrected chi connectivity index (χ4v) is 3.65. The Bertz CT molecular complexity index is 831. The zero-order valence-corrected chi connectivity index (χ0v) is 18.9. The quantitative estimate of drug-likeness (QED) is 0.316. The third-order valence-electron chi connectivity index (χ3n) is 3.98. The van der Waals surface area contributed by atoms with Crippen molar-refractivity contribution in [2.45, 2.75) is 39.5 Å². The van der Waals surface area contributed by atoms with Crippen molar-refractivity contribution in [1.82, 2.24) is 9.78 Å². The molecule has 0 amide bonds. The van der Waals surface area contributed by atoms with Crippen LogP contribution in [0, 0.1) is 13.8 Å². The van der Waals surface area contributed by atoms with Gasteiger partial charge >= 0.3 is 0 Å². The topological polar surface area (TPSA) is 48.6 Å². The van der Waals surface area contributed by atoms with Gasteiger partial charge in [0, 0.05) is 18.4 Å². The Hall–Kier alpha value is -1.73. The van der Waals surface area contributed by atoms with Gasteiger partial charge in [-0.2, -0.15) is 5.10 Å². The molecule has 0 spiro atoms. The molecule has 0 unspecified atom stereocenters. The van der Waals surface area contributed by atoms with Crippen LogP contribution in [-0.4, -0.2) is 29.2 Å². The van der Waals surface area contributed by atoms with Gasteiger partial charge in [0.1, 0.15) is 11.5 Å². The third kappa shape index (κ3) is 5.87. The number of para-hydroxylation sites is 1. The average molecular weight is 452 g/mol. The fourth-order valence-electron chi connectivity index (χ4n) is 2.56. The average Bonchev–Trinajstić information content (AvgIpc) is 2.92. The lowest BCUT2D eigenvalue weighted by atomic mass is 10.2. The van der Waals surface area contributed by atoms with Gasteiger partial charge in [-0.15, -0.1) is 0 Å². The SMILES string of the molecule is CC/C=C(/Cn1nc(C)c(Br)c1C)O/C(=N\C)SCc1ccccc1OC. The summed E-state index contributed by atoms with van der Waals surface area (Å²) in [6, 6.07) is 7.98. The molecule has 0 aliphatic heterocycles. The van der Waals surface area contributed by atoms with Crippen LogP contribution in [0.1, 0.15) is 30.3 Å². The van der Waals surface area contributed by atoms with E-state index in [1.54, 1.807) is 25.9 Å². The first-order valence-corrected chi connectivity index (χ1v) is 10.6. The fraction of sp³-hybridized carbons (Fsp3) is 0.400. The molecule has 0 N–H and O–H groups in total. The van der Waals surface area contributed by atoms with Crippen molar-refractivity contribution in [2.24, 2.45) is 4.99 Å². The zero-order valence-electron chi connectivity index (χ0n) is 16.5. The highest BCUT2D eigenvalue weighted by atomic mass is 79.9. The second-order valence-electron chi connectivity index (χ2n) is 5.91. The standard InChI is InChI=1S/C20H26BrN3O2S/c1-6-9-17(12-24-15(3)19(21)14(2)23-24)26-20(22-4)27-13-16-10-7-8-11-18(16)25-5/h7-11H,6,12-13H2,1-5H3/b17-9-,22-20+. The number of methoxy groups -OCH3 is 1. The molecule has 2 rings (SSSR count). The smallest absolute Gasteiger partial charge is 0.251 e. The number of halogens is 1. The molecule has 146 valence electrons. The number of hydrogen-bond acceptors (Lipinski definition) is 5. The molecule has 1 aromatic carbocycles. The molecule has 27 heavy (non-hydrogen) atoms. The van der Waals surface area contributed by atoms with Crippen LogP contribution in [0.2, 0.25) is 0 Å². The molecule has 0 radical (unpaired) electrons. The minimum Gasteiger partial charge on any atom is -0.496 e. The van der Waals surface area contributed by atoms with Crippen LogP contribution in [0.3, 0.4) is 0 Å². The largest absolute Gasteiger partial charge is 0.496 e. The van der Waals surface area contributed by atoms with E-state index in [2.05, 4.69) is 45.1 Å². The van der Waals surface area contributed by atoms with Crippen molar-refractivity contribution in [3.05, 3.63) is 57.5 Å². The first-order valence-electron chi connectivity index (χ1n) is 8.78. The molecule has 0 bridgehead atoms. The number of aryl methyl sites for hydroxylation is 1. The lowest BCUT2D eigenvalue weighted by molar-refractivity contribution is 0.377. The summed E-state index contributed by atoms with van der Waals surface area (Å²) in [5.41, 5.74) is 3.16. The molecule has 0 fully saturated rings. The molecule has 1 heterocycles. The third-order valence-corrected chi connectivity index (χ3v) is 6.09. The van der Waals surface area contributed by atoms with Crippen LogP contribution in [0.4, 0.5) is 0 Å². The van der Waals surface area contributed by atoms with Crippen molar-refractivity contribution in [3.8, 4) is 5.75 Å². The van der Waals surface area contributed by atoms with Crippen LogP contribution in [0.15, 0.2) is 45.6 Å². The molecule has 1 aromatic heterocycles. The molecule has 0 aliphatic carbocycles. The molecule has 5 nitrogen and oxygen atoms in total. The van der Waals surface area contributed by atoms with E-state index in [1.807, 2.05) is 36.7 Å². The van der Waals surface area contributed by atoms with Crippen molar-refractivity contribution >= 4 is 32.9 Å². The minimum atomic E-state index is 0.570. The summed E-state index contributed by atoms with van der Waals surface area (Å²) in [6.45, 7) is 6.68. The molecule has 0 aliphatic rings. The molecular weight excluding hydrogens is 426 g/mol. The molecule has 2 aromatic rings. The van der Waals surface area contributed by atoms with Crippen LogP contribution in [0.5, 0.6) is 5.75 Å². The van der Waals surface area contributed by atoms with Gasteiger partial charge in [0.25, 0.3) is 5.23 Å². The van der Waals surface area contributed by atoms with E-state index >= 15 is 0 Å². The lowest BCUT2D eigenvalue weighted by Crippen LogP contribution is -2.10. The summed E-state index contributed by atoms with van der Waals surface area (Å²) >= 11 is 5.12. The van der Waals surface area contributed by atoms with E-state index in [9.17, 15) is 0 Å². The van der Waals surface area contributed by atoms with Crippen LogP contribution in [-0.2, 0) is 17.0 Å². The van der Waals surface area contributed by atoms with Gasteiger partial charge in [0.05, 0.1) is 29.5 Å². The highest BCUT2D eigenvalue weighted by Gasteiger charge is 2.13. The summed E-state index contributed by atoms with van der Waals surface area (Å²) in [5.74, 6) is 2.43. The van der Waals surface area contributed by atoms with E-state index < -0.39 is 0 Å². The van der Waals surface area contributed by atoms with E-state index in [-0.39, 0.29) is 0 Å². The molecule has 0 saturated carbocycles. The maximum absolute atomic E-state index is 6.10. The maximum Gasteiger partial charge on any atom is 0.251 e. The van der Waals surface area contributed by atoms with Gasteiger partial charge < -0.3 is 9.47 Å². The molecular formula is C20H26BrN3O2S. The monoisotopic (exact) mass is 451 g/mol. The van der Waals surface area contributed by atoms with Crippen LogP contribution in [0.25, 0.3) is 0 Å². The first-order chi connectivity index (χ1) is 13.0. The van der Waals surface area contributed by atoms with Gasteiger partial charge in [0.15, 0.2) is 0 Å². The molecule has 0 saturated heterocycles. The Morgan fingerprint density at radius 1 is 1.33 bits per heavy atom. The van der Waals surface area contributed by atoms with Crippen molar-refractivity contribution in [2.75, 3.05) is 14.2 Å². The number of nitrogens with zero attached hydrogens (tertiary/aromatic N) is 3. The van der Waals surface area contributed by atoms with E-state index in [1.165, 1.54) is 0 Å². The Morgan fingerprint density at radius 2 is 2.07 bits per heavy atom. The Balaban J connectivity index is 2.07. The Morgan fingerprint density at radius 3 is 2.67 bits per heavy atom.